The molecule has 1 rings (SSSR count). The smallest absolute Gasteiger partial charge is 0.320 e. The van der Waals surface area contributed by atoms with Crippen molar-refractivity contribution in [2.45, 2.75) is 17.4 Å². The van der Waals surface area contributed by atoms with Gasteiger partial charge in [-0.15, -0.1) is 0 Å². The largest absolute Gasteiger partial charge is 0.507 e. The van der Waals surface area contributed by atoms with E-state index in [0.717, 1.165) is 6.26 Å². The highest BCUT2D eigenvalue weighted by atomic mass is 32.2. The van der Waals surface area contributed by atoms with E-state index in [-0.39, 0.29) is 17.1 Å². The number of nitrogens with two attached hydrogens (primary N) is 1. The summed E-state index contributed by atoms with van der Waals surface area (Å²) in [6.07, 6.45) is 0.959. The maximum atomic E-state index is 11.3. The van der Waals surface area contributed by atoms with Gasteiger partial charge in [0.25, 0.3) is 0 Å². The summed E-state index contributed by atoms with van der Waals surface area (Å²) < 4.78 is 22.6. The highest BCUT2D eigenvalue weighted by Crippen LogP contribution is 2.23. The molecule has 0 saturated carbocycles. The van der Waals surface area contributed by atoms with E-state index < -0.39 is 21.8 Å². The number of phenols is 1. The summed E-state index contributed by atoms with van der Waals surface area (Å²) in [4.78, 5) is 10.3. The van der Waals surface area contributed by atoms with Crippen LogP contribution in [0.25, 0.3) is 0 Å². The molecular weight excluding hydrogens is 246 g/mol. The summed E-state index contributed by atoms with van der Waals surface area (Å²) >= 11 is 0. The maximum Gasteiger partial charge on any atom is 0.320 e. The third kappa shape index (κ3) is 3.43. The number of aromatic hydroxyl groups is 1. The van der Waals surface area contributed by atoms with Crippen LogP contribution in [0.2, 0.25) is 0 Å². The van der Waals surface area contributed by atoms with Crippen molar-refractivity contribution >= 4 is 15.8 Å². The summed E-state index contributed by atoms with van der Waals surface area (Å²) in [5.41, 5.74) is 5.78. The van der Waals surface area contributed by atoms with Crippen LogP contribution in [-0.4, -0.2) is 36.9 Å². The van der Waals surface area contributed by atoms with Gasteiger partial charge in [0, 0.05) is 6.26 Å². The van der Waals surface area contributed by atoms with Crippen molar-refractivity contribution in [3.8, 4) is 5.75 Å². The predicted molar refractivity (Wildman–Crippen MR) is 60.5 cm³/mol. The summed E-state index contributed by atoms with van der Waals surface area (Å²) in [5, 5.41) is 18.0. The molecule has 1 unspecified atom stereocenters. The van der Waals surface area contributed by atoms with Crippen LogP contribution >= 0.6 is 0 Å². The Hall–Kier alpha value is -1.60. The van der Waals surface area contributed by atoms with Gasteiger partial charge in [-0.1, -0.05) is 6.07 Å². The molecule has 0 aliphatic carbocycles. The molecule has 0 aliphatic heterocycles. The van der Waals surface area contributed by atoms with Crippen LogP contribution in [0.4, 0.5) is 0 Å². The lowest BCUT2D eigenvalue weighted by atomic mass is 10.1. The number of hydrogen-bond acceptors (Lipinski definition) is 5. The van der Waals surface area contributed by atoms with Gasteiger partial charge in [-0.2, -0.15) is 0 Å². The van der Waals surface area contributed by atoms with Gasteiger partial charge >= 0.3 is 5.97 Å². The van der Waals surface area contributed by atoms with E-state index in [0.29, 0.717) is 5.56 Å². The van der Waals surface area contributed by atoms with Gasteiger partial charge in [0.15, 0.2) is 9.84 Å². The van der Waals surface area contributed by atoms with E-state index >= 15 is 0 Å². The minimum Gasteiger partial charge on any atom is -0.507 e. The highest BCUT2D eigenvalue weighted by molar-refractivity contribution is 7.90. The van der Waals surface area contributed by atoms with Crippen molar-refractivity contribution in [2.24, 2.45) is 5.73 Å². The quantitative estimate of drug-likeness (QED) is 0.686. The summed E-state index contributed by atoms with van der Waals surface area (Å²) in [7, 11) is -3.55. The molecule has 6 nitrogen and oxygen atoms in total. The molecule has 1 aromatic carbocycles. The first-order valence-electron chi connectivity index (χ1n) is 4.72. The number of phenolic OH excluding ortho intramolecular Hbond substituents is 1. The fourth-order valence-electron chi connectivity index (χ4n) is 1.32. The number of carbonyl (C=O) groups is 1. The molecule has 0 spiro atoms. The van der Waals surface area contributed by atoms with Crippen LogP contribution in [-0.2, 0) is 21.1 Å². The van der Waals surface area contributed by atoms with Gasteiger partial charge < -0.3 is 15.9 Å². The molecule has 0 aliphatic rings. The molecule has 1 atom stereocenters. The molecule has 0 saturated heterocycles. The van der Waals surface area contributed by atoms with E-state index in [4.69, 9.17) is 10.8 Å². The molecule has 0 amide bonds. The number of aliphatic carboxylic acids is 1. The number of hydrogen-bond donors (Lipinski definition) is 3. The summed E-state index contributed by atoms with van der Waals surface area (Å²) in [5.74, 6) is -1.53. The van der Waals surface area contributed by atoms with Crippen LogP contribution in [0.15, 0.2) is 23.1 Å². The zero-order valence-corrected chi connectivity index (χ0v) is 9.94. The van der Waals surface area contributed by atoms with Crippen LogP contribution in [0, 0.1) is 0 Å². The Labute approximate surface area is 98.6 Å². The van der Waals surface area contributed by atoms with E-state index in [2.05, 4.69) is 0 Å². The minimum absolute atomic E-state index is 0.00185. The first kappa shape index (κ1) is 13.5. The summed E-state index contributed by atoms with van der Waals surface area (Å²) in [6, 6.07) is 2.77. The van der Waals surface area contributed by atoms with Crippen molar-refractivity contribution in [3.63, 3.8) is 0 Å². The lowest BCUT2D eigenvalue weighted by molar-refractivity contribution is -0.138. The fraction of sp³-hybridized carbons (Fsp3) is 0.300. The second kappa shape index (κ2) is 4.72. The Morgan fingerprint density at radius 3 is 2.53 bits per heavy atom. The van der Waals surface area contributed by atoms with Crippen molar-refractivity contribution in [2.75, 3.05) is 6.26 Å². The molecule has 0 bridgehead atoms. The molecule has 7 heteroatoms. The van der Waals surface area contributed by atoms with Crippen molar-refractivity contribution in [1.29, 1.82) is 0 Å². The zero-order valence-electron chi connectivity index (χ0n) is 9.12. The molecular formula is C10H13NO5S. The number of rotatable bonds is 4. The van der Waals surface area contributed by atoms with Crippen LogP contribution in [0.1, 0.15) is 5.56 Å². The average Bonchev–Trinajstić information content (AvgIpc) is 2.19. The van der Waals surface area contributed by atoms with E-state index in [1.54, 1.807) is 0 Å². The second-order valence-corrected chi connectivity index (χ2v) is 5.71. The SMILES string of the molecule is CS(=O)(=O)c1cc(CC(N)C(=O)O)ccc1O. The number of carboxylic acid groups (broad SMARTS) is 1. The van der Waals surface area contributed by atoms with Crippen molar-refractivity contribution in [1.82, 2.24) is 0 Å². The third-order valence-corrected chi connectivity index (χ3v) is 3.32. The fourth-order valence-corrected chi connectivity index (χ4v) is 2.14. The van der Waals surface area contributed by atoms with Crippen LogP contribution < -0.4 is 5.73 Å². The summed E-state index contributed by atoms with van der Waals surface area (Å²) in [6.45, 7) is 0. The monoisotopic (exact) mass is 259 g/mol. The standard InChI is InChI=1S/C10H13NO5S/c1-17(15,16)9-5-6(2-3-8(9)12)4-7(11)10(13)14/h2-3,5,7,12H,4,11H2,1H3,(H,13,14). The Bertz CT molecular complexity index is 538. The van der Waals surface area contributed by atoms with Gasteiger partial charge in [-0.25, -0.2) is 8.42 Å². The van der Waals surface area contributed by atoms with E-state index in [1.807, 2.05) is 0 Å². The Balaban J connectivity index is 3.10. The lowest BCUT2D eigenvalue weighted by Crippen LogP contribution is -2.32. The van der Waals surface area contributed by atoms with Crippen LogP contribution in [0.5, 0.6) is 5.75 Å². The van der Waals surface area contributed by atoms with E-state index in [9.17, 15) is 18.3 Å². The van der Waals surface area contributed by atoms with Gasteiger partial charge in [0.1, 0.15) is 16.7 Å². The van der Waals surface area contributed by atoms with Gasteiger partial charge in [-0.05, 0) is 24.1 Å². The Morgan fingerprint density at radius 2 is 2.06 bits per heavy atom. The molecule has 94 valence electrons. The van der Waals surface area contributed by atoms with Crippen LogP contribution in [0.3, 0.4) is 0 Å². The molecule has 4 N–H and O–H groups in total. The van der Waals surface area contributed by atoms with Gasteiger partial charge in [0.2, 0.25) is 0 Å². The highest BCUT2D eigenvalue weighted by Gasteiger charge is 2.17. The topological polar surface area (TPSA) is 118 Å². The third-order valence-electron chi connectivity index (χ3n) is 2.20. The van der Waals surface area contributed by atoms with Gasteiger partial charge in [-0.3, -0.25) is 4.79 Å². The molecule has 1 aromatic rings. The predicted octanol–water partition coefficient (Wildman–Crippen LogP) is -0.250. The number of carboxylic acids is 1. The second-order valence-electron chi connectivity index (χ2n) is 3.72. The lowest BCUT2D eigenvalue weighted by Gasteiger charge is -2.08. The minimum atomic E-state index is -3.55. The Morgan fingerprint density at radius 1 is 1.47 bits per heavy atom. The number of benzene rings is 1. The molecule has 0 radical (unpaired) electrons. The van der Waals surface area contributed by atoms with E-state index in [1.165, 1.54) is 18.2 Å². The van der Waals surface area contributed by atoms with Gasteiger partial charge in [0.05, 0.1) is 0 Å². The Kier molecular flexibility index (Phi) is 3.74. The number of sulfone groups is 1. The first-order valence-corrected chi connectivity index (χ1v) is 6.61. The zero-order chi connectivity index (χ0) is 13.2. The first-order chi connectivity index (χ1) is 7.71. The maximum absolute atomic E-state index is 11.3. The normalized spacial score (nSPS) is 13.3. The van der Waals surface area contributed by atoms with Crippen molar-refractivity contribution < 1.29 is 23.4 Å². The van der Waals surface area contributed by atoms with Crippen molar-refractivity contribution in [3.05, 3.63) is 23.8 Å². The molecule has 17 heavy (non-hydrogen) atoms. The molecule has 0 heterocycles. The molecule has 0 fully saturated rings. The molecule has 0 aromatic heterocycles. The average molecular weight is 259 g/mol.